The van der Waals surface area contributed by atoms with Crippen molar-refractivity contribution in [2.24, 2.45) is 0 Å². The van der Waals surface area contributed by atoms with Crippen LogP contribution in [0.4, 0.5) is 5.69 Å². The van der Waals surface area contributed by atoms with E-state index < -0.39 is 10.0 Å². The lowest BCUT2D eigenvalue weighted by Crippen LogP contribution is -2.40. The Bertz CT molecular complexity index is 884. The van der Waals surface area contributed by atoms with Gasteiger partial charge in [-0.25, -0.2) is 8.42 Å². The van der Waals surface area contributed by atoms with Crippen LogP contribution in [0.15, 0.2) is 48.5 Å². The fraction of sp³-hybridized carbons (Fsp3) is 0.381. The predicted octanol–water partition coefficient (Wildman–Crippen LogP) is 3.64. The van der Waals surface area contributed by atoms with E-state index >= 15 is 0 Å². The van der Waals surface area contributed by atoms with Crippen molar-refractivity contribution in [1.82, 2.24) is 5.32 Å². The molecule has 0 saturated heterocycles. The molecule has 0 saturated carbocycles. The van der Waals surface area contributed by atoms with Crippen LogP contribution in [0.2, 0.25) is 5.02 Å². The van der Waals surface area contributed by atoms with Gasteiger partial charge in [-0.15, -0.1) is 0 Å². The first-order chi connectivity index (χ1) is 13.8. The third-order valence-electron chi connectivity index (χ3n) is 4.16. The SMILES string of the molecule is CCCOc1ccc(N(CC(=O)NCCCc2ccc(Cl)cc2)S(C)(=O)=O)cc1. The fourth-order valence-electron chi connectivity index (χ4n) is 2.69. The van der Waals surface area contributed by atoms with Crippen molar-refractivity contribution >= 4 is 33.2 Å². The molecule has 8 heteroatoms. The van der Waals surface area contributed by atoms with E-state index in [2.05, 4.69) is 5.32 Å². The van der Waals surface area contributed by atoms with Crippen LogP contribution in [0.1, 0.15) is 25.3 Å². The maximum atomic E-state index is 12.3. The van der Waals surface area contributed by atoms with Crippen LogP contribution in [0, 0.1) is 0 Å². The largest absolute Gasteiger partial charge is 0.494 e. The summed E-state index contributed by atoms with van der Waals surface area (Å²) >= 11 is 5.86. The van der Waals surface area contributed by atoms with Crippen LogP contribution in [0.25, 0.3) is 0 Å². The molecule has 0 aromatic heterocycles. The van der Waals surface area contributed by atoms with Gasteiger partial charge in [0.25, 0.3) is 0 Å². The highest BCUT2D eigenvalue weighted by Crippen LogP contribution is 2.21. The van der Waals surface area contributed by atoms with Crippen molar-refractivity contribution in [3.63, 3.8) is 0 Å². The molecular formula is C21H27ClN2O4S. The monoisotopic (exact) mass is 438 g/mol. The Labute approximate surface area is 177 Å². The molecule has 0 aliphatic carbocycles. The van der Waals surface area contributed by atoms with E-state index in [-0.39, 0.29) is 12.5 Å². The second-order valence-corrected chi connectivity index (χ2v) is 9.04. The number of rotatable bonds is 11. The molecule has 158 valence electrons. The van der Waals surface area contributed by atoms with Crippen molar-refractivity contribution in [2.45, 2.75) is 26.2 Å². The number of nitrogens with one attached hydrogen (secondary N) is 1. The summed E-state index contributed by atoms with van der Waals surface area (Å²) in [5.41, 5.74) is 1.56. The normalized spacial score (nSPS) is 11.1. The van der Waals surface area contributed by atoms with Gasteiger partial charge in [-0.3, -0.25) is 9.10 Å². The average molecular weight is 439 g/mol. The minimum Gasteiger partial charge on any atom is -0.494 e. The minimum atomic E-state index is -3.60. The predicted molar refractivity (Wildman–Crippen MR) is 117 cm³/mol. The molecule has 2 aromatic carbocycles. The molecule has 0 spiro atoms. The number of sulfonamides is 1. The summed E-state index contributed by atoms with van der Waals surface area (Å²) in [6.07, 6.45) is 3.51. The Balaban J connectivity index is 1.88. The number of hydrogen-bond acceptors (Lipinski definition) is 4. The Kier molecular flexibility index (Phi) is 8.79. The zero-order valence-corrected chi connectivity index (χ0v) is 18.3. The summed E-state index contributed by atoms with van der Waals surface area (Å²) in [5.74, 6) is 0.313. The number of ether oxygens (including phenoxy) is 1. The molecule has 0 radical (unpaired) electrons. The molecule has 0 unspecified atom stereocenters. The van der Waals surface area contributed by atoms with Crippen LogP contribution in [0.5, 0.6) is 5.75 Å². The Morgan fingerprint density at radius 1 is 1.10 bits per heavy atom. The lowest BCUT2D eigenvalue weighted by Gasteiger charge is -2.22. The van der Waals surface area contributed by atoms with Gasteiger partial charge in [0.1, 0.15) is 12.3 Å². The number of anilines is 1. The highest BCUT2D eigenvalue weighted by Gasteiger charge is 2.20. The number of benzene rings is 2. The van der Waals surface area contributed by atoms with Crippen molar-refractivity contribution in [3.8, 4) is 5.75 Å². The average Bonchev–Trinajstić information content (AvgIpc) is 2.69. The lowest BCUT2D eigenvalue weighted by molar-refractivity contribution is -0.119. The van der Waals surface area contributed by atoms with Gasteiger partial charge in [-0.1, -0.05) is 30.7 Å². The number of nitrogens with zero attached hydrogens (tertiary/aromatic N) is 1. The van der Waals surface area contributed by atoms with Crippen LogP contribution < -0.4 is 14.4 Å². The van der Waals surface area contributed by atoms with Gasteiger partial charge < -0.3 is 10.1 Å². The number of halogens is 1. The van der Waals surface area contributed by atoms with Crippen molar-refractivity contribution in [2.75, 3.05) is 30.3 Å². The molecule has 2 aromatic rings. The van der Waals surface area contributed by atoms with Gasteiger partial charge in [0, 0.05) is 11.6 Å². The van der Waals surface area contributed by atoms with Gasteiger partial charge in [-0.2, -0.15) is 0 Å². The first-order valence-electron chi connectivity index (χ1n) is 9.51. The number of hydrogen-bond donors (Lipinski definition) is 1. The molecule has 0 aliphatic rings. The van der Waals surface area contributed by atoms with Crippen molar-refractivity contribution in [1.29, 1.82) is 0 Å². The second kappa shape index (κ2) is 11.1. The van der Waals surface area contributed by atoms with Crippen LogP contribution in [-0.2, 0) is 21.2 Å². The summed E-state index contributed by atoms with van der Waals surface area (Å²) in [6, 6.07) is 14.2. The van der Waals surface area contributed by atoms with Crippen LogP contribution in [0.3, 0.4) is 0 Å². The van der Waals surface area contributed by atoms with E-state index in [0.29, 0.717) is 29.6 Å². The van der Waals surface area contributed by atoms with Crippen LogP contribution in [-0.4, -0.2) is 40.3 Å². The molecule has 0 heterocycles. The highest BCUT2D eigenvalue weighted by molar-refractivity contribution is 7.92. The summed E-state index contributed by atoms with van der Waals surface area (Å²) in [6.45, 7) is 2.79. The van der Waals surface area contributed by atoms with E-state index in [1.54, 1.807) is 24.3 Å². The van der Waals surface area contributed by atoms with Gasteiger partial charge in [-0.05, 0) is 61.2 Å². The van der Waals surface area contributed by atoms with E-state index in [4.69, 9.17) is 16.3 Å². The summed E-state index contributed by atoms with van der Waals surface area (Å²) in [4.78, 5) is 12.3. The maximum absolute atomic E-state index is 12.3. The van der Waals surface area contributed by atoms with Gasteiger partial charge in [0.05, 0.1) is 18.6 Å². The zero-order valence-electron chi connectivity index (χ0n) is 16.7. The first-order valence-corrected chi connectivity index (χ1v) is 11.7. The Morgan fingerprint density at radius 3 is 2.34 bits per heavy atom. The highest BCUT2D eigenvalue weighted by atomic mass is 35.5. The topological polar surface area (TPSA) is 75.7 Å². The zero-order chi connectivity index (χ0) is 21.3. The summed E-state index contributed by atoms with van der Waals surface area (Å²) < 4.78 is 30.9. The van der Waals surface area contributed by atoms with E-state index in [1.165, 1.54) is 0 Å². The van der Waals surface area contributed by atoms with E-state index in [9.17, 15) is 13.2 Å². The number of carbonyl (C=O) groups is 1. The minimum absolute atomic E-state index is 0.269. The third kappa shape index (κ3) is 7.95. The summed E-state index contributed by atoms with van der Waals surface area (Å²) in [5, 5.41) is 3.47. The fourth-order valence-corrected chi connectivity index (χ4v) is 3.67. The first kappa shape index (κ1) is 23.0. The van der Waals surface area contributed by atoms with Crippen molar-refractivity contribution < 1.29 is 17.9 Å². The number of amides is 1. The standard InChI is InChI=1S/C21H27ClN2O4S/c1-3-15-28-20-12-10-19(11-13-20)24(29(2,26)27)16-21(25)23-14-4-5-17-6-8-18(22)9-7-17/h6-13H,3-5,14-16H2,1-2H3,(H,23,25). The van der Waals surface area contributed by atoms with E-state index in [1.807, 2.05) is 31.2 Å². The molecule has 1 N–H and O–H groups in total. The molecule has 0 aliphatic heterocycles. The number of carbonyl (C=O) groups excluding carboxylic acids is 1. The molecule has 29 heavy (non-hydrogen) atoms. The maximum Gasteiger partial charge on any atom is 0.240 e. The van der Waals surface area contributed by atoms with Gasteiger partial charge in [0.15, 0.2) is 0 Å². The molecule has 0 bridgehead atoms. The van der Waals surface area contributed by atoms with Gasteiger partial charge >= 0.3 is 0 Å². The second-order valence-electron chi connectivity index (χ2n) is 6.69. The molecule has 0 fully saturated rings. The van der Waals surface area contributed by atoms with Crippen LogP contribution >= 0.6 is 11.6 Å². The quantitative estimate of drug-likeness (QED) is 0.543. The molecular weight excluding hydrogens is 412 g/mol. The smallest absolute Gasteiger partial charge is 0.240 e. The molecule has 6 nitrogen and oxygen atoms in total. The molecule has 2 rings (SSSR count). The van der Waals surface area contributed by atoms with E-state index in [0.717, 1.165) is 35.4 Å². The van der Waals surface area contributed by atoms with Crippen molar-refractivity contribution in [3.05, 3.63) is 59.1 Å². The molecule has 1 amide bonds. The molecule has 0 atom stereocenters. The Morgan fingerprint density at radius 2 is 1.76 bits per heavy atom. The Hall–Kier alpha value is -2.25. The van der Waals surface area contributed by atoms with Gasteiger partial charge in [0.2, 0.25) is 15.9 Å². The third-order valence-corrected chi connectivity index (χ3v) is 5.56. The lowest BCUT2D eigenvalue weighted by atomic mass is 10.1. The number of aryl methyl sites for hydroxylation is 1. The summed E-state index contributed by atoms with van der Waals surface area (Å²) in [7, 11) is -3.60.